The van der Waals surface area contributed by atoms with Gasteiger partial charge in [-0.15, -0.1) is 0 Å². The van der Waals surface area contributed by atoms with E-state index < -0.39 is 17.7 Å². The Bertz CT molecular complexity index is 850. The van der Waals surface area contributed by atoms with Crippen molar-refractivity contribution in [1.29, 1.82) is 0 Å². The van der Waals surface area contributed by atoms with Gasteiger partial charge in [-0.3, -0.25) is 9.69 Å². The van der Waals surface area contributed by atoms with E-state index in [0.717, 1.165) is 23.3 Å². The van der Waals surface area contributed by atoms with E-state index in [0.29, 0.717) is 18.8 Å². The first-order valence-corrected chi connectivity index (χ1v) is 8.23. The molecule has 2 aromatic carbocycles. The Labute approximate surface area is 150 Å². The number of aryl methyl sites for hydroxylation is 2. The zero-order valence-electron chi connectivity index (χ0n) is 14.6. The molecule has 3 rings (SSSR count). The number of urea groups is 1. The lowest BCUT2D eigenvalue weighted by molar-refractivity contribution is -0.116. The molecule has 7 heteroatoms. The highest BCUT2D eigenvalue weighted by atomic mass is 19.2. The molecule has 0 bridgehead atoms. The fourth-order valence-corrected chi connectivity index (χ4v) is 3.04. The number of benzene rings is 2. The number of hydrogen-bond donors (Lipinski definition) is 1. The molecule has 1 saturated heterocycles. The Balaban J connectivity index is 1.64. The van der Waals surface area contributed by atoms with E-state index in [9.17, 15) is 18.4 Å². The summed E-state index contributed by atoms with van der Waals surface area (Å²) < 4.78 is 26.4. The Morgan fingerprint density at radius 3 is 2.38 bits per heavy atom. The lowest BCUT2D eigenvalue weighted by atomic mass is 10.1. The average molecular weight is 359 g/mol. The van der Waals surface area contributed by atoms with Gasteiger partial charge in [-0.25, -0.2) is 13.6 Å². The minimum Gasteiger partial charge on any atom is -0.325 e. The number of amides is 3. The van der Waals surface area contributed by atoms with Crippen molar-refractivity contribution in [1.82, 2.24) is 4.90 Å². The monoisotopic (exact) mass is 359 g/mol. The third-order valence-corrected chi connectivity index (χ3v) is 4.15. The molecule has 0 aromatic heterocycles. The molecule has 1 heterocycles. The maximum absolute atomic E-state index is 13.4. The predicted molar refractivity (Wildman–Crippen MR) is 95.2 cm³/mol. The van der Waals surface area contributed by atoms with Crippen LogP contribution in [0, 0.1) is 25.5 Å². The number of carbonyl (C=O) groups excluding carboxylic acids is 2. The predicted octanol–water partition coefficient (Wildman–Crippen LogP) is 3.46. The quantitative estimate of drug-likeness (QED) is 0.909. The van der Waals surface area contributed by atoms with Gasteiger partial charge in [-0.2, -0.15) is 0 Å². The Hall–Kier alpha value is -2.96. The van der Waals surface area contributed by atoms with Crippen LogP contribution in [0.25, 0.3) is 0 Å². The fourth-order valence-electron chi connectivity index (χ4n) is 3.04. The smallest absolute Gasteiger partial charge is 0.325 e. The summed E-state index contributed by atoms with van der Waals surface area (Å²) in [4.78, 5) is 27.4. The molecule has 0 saturated carbocycles. The van der Waals surface area contributed by atoms with E-state index >= 15 is 0 Å². The number of hydrogen-bond acceptors (Lipinski definition) is 2. The Morgan fingerprint density at radius 1 is 1.04 bits per heavy atom. The summed E-state index contributed by atoms with van der Waals surface area (Å²) in [7, 11) is 0. The normalized spacial score (nSPS) is 14.1. The average Bonchev–Trinajstić information content (AvgIpc) is 2.90. The molecule has 0 atom stereocenters. The summed E-state index contributed by atoms with van der Waals surface area (Å²) >= 11 is 0. The van der Waals surface area contributed by atoms with E-state index in [-0.39, 0.29) is 18.1 Å². The summed E-state index contributed by atoms with van der Waals surface area (Å²) in [5.41, 5.74) is 3.01. The van der Waals surface area contributed by atoms with Crippen LogP contribution in [0.4, 0.5) is 25.0 Å². The van der Waals surface area contributed by atoms with Crippen LogP contribution in [0.15, 0.2) is 36.4 Å². The summed E-state index contributed by atoms with van der Waals surface area (Å²) in [5, 5.41) is 2.78. The van der Waals surface area contributed by atoms with E-state index in [1.54, 1.807) is 0 Å². The van der Waals surface area contributed by atoms with Gasteiger partial charge in [-0.05, 0) is 49.2 Å². The fraction of sp³-hybridized carbons (Fsp3) is 0.263. The van der Waals surface area contributed by atoms with Gasteiger partial charge in [0.15, 0.2) is 11.6 Å². The van der Waals surface area contributed by atoms with E-state index in [1.807, 2.05) is 32.0 Å². The van der Waals surface area contributed by atoms with Crippen LogP contribution in [0.5, 0.6) is 0 Å². The van der Waals surface area contributed by atoms with Crippen molar-refractivity contribution in [3.8, 4) is 0 Å². The van der Waals surface area contributed by atoms with Crippen molar-refractivity contribution in [3.05, 3.63) is 59.2 Å². The van der Waals surface area contributed by atoms with Gasteiger partial charge in [0.2, 0.25) is 5.91 Å². The third kappa shape index (κ3) is 3.82. The summed E-state index contributed by atoms with van der Waals surface area (Å²) in [6.07, 6.45) is 0. The molecule has 26 heavy (non-hydrogen) atoms. The van der Waals surface area contributed by atoms with Crippen molar-refractivity contribution >= 4 is 23.3 Å². The van der Waals surface area contributed by atoms with Crippen LogP contribution in [-0.2, 0) is 4.79 Å². The summed E-state index contributed by atoms with van der Waals surface area (Å²) in [6.45, 7) is 4.41. The molecule has 1 aliphatic heterocycles. The number of rotatable bonds is 4. The van der Waals surface area contributed by atoms with Gasteiger partial charge >= 0.3 is 6.03 Å². The first kappa shape index (κ1) is 17.8. The maximum atomic E-state index is 13.4. The molecule has 0 spiro atoms. The Morgan fingerprint density at radius 2 is 1.73 bits per heavy atom. The van der Waals surface area contributed by atoms with Gasteiger partial charge in [0.1, 0.15) is 6.54 Å². The van der Waals surface area contributed by atoms with Crippen LogP contribution >= 0.6 is 0 Å². The lowest BCUT2D eigenvalue weighted by Gasteiger charge is -2.18. The number of halogens is 2. The molecular weight excluding hydrogens is 340 g/mol. The van der Waals surface area contributed by atoms with E-state index in [2.05, 4.69) is 5.32 Å². The van der Waals surface area contributed by atoms with Gasteiger partial charge in [0.25, 0.3) is 0 Å². The van der Waals surface area contributed by atoms with E-state index in [1.165, 1.54) is 15.9 Å². The second kappa shape index (κ2) is 7.11. The van der Waals surface area contributed by atoms with Crippen LogP contribution in [0.2, 0.25) is 0 Å². The van der Waals surface area contributed by atoms with Crippen molar-refractivity contribution < 1.29 is 18.4 Å². The number of nitrogens with zero attached hydrogens (tertiary/aromatic N) is 2. The maximum Gasteiger partial charge on any atom is 0.325 e. The van der Waals surface area contributed by atoms with Crippen molar-refractivity contribution in [2.45, 2.75) is 13.8 Å². The highest BCUT2D eigenvalue weighted by Crippen LogP contribution is 2.22. The molecule has 3 amide bonds. The van der Waals surface area contributed by atoms with Crippen LogP contribution in [-0.4, -0.2) is 36.5 Å². The highest BCUT2D eigenvalue weighted by molar-refractivity contribution is 5.99. The molecule has 2 aromatic rings. The van der Waals surface area contributed by atoms with Crippen LogP contribution < -0.4 is 10.2 Å². The molecule has 0 unspecified atom stereocenters. The molecule has 1 aliphatic rings. The largest absolute Gasteiger partial charge is 0.325 e. The summed E-state index contributed by atoms with van der Waals surface area (Å²) in [6, 6.07) is 8.59. The van der Waals surface area contributed by atoms with Crippen molar-refractivity contribution in [2.75, 3.05) is 29.9 Å². The first-order chi connectivity index (χ1) is 12.3. The zero-order chi connectivity index (χ0) is 18.8. The molecule has 0 aliphatic carbocycles. The van der Waals surface area contributed by atoms with Gasteiger partial charge in [-0.1, -0.05) is 6.07 Å². The number of anilines is 2. The topological polar surface area (TPSA) is 52.7 Å². The van der Waals surface area contributed by atoms with Crippen LogP contribution in [0.3, 0.4) is 0 Å². The van der Waals surface area contributed by atoms with E-state index in [4.69, 9.17) is 0 Å². The van der Waals surface area contributed by atoms with Gasteiger partial charge in [0, 0.05) is 30.5 Å². The van der Waals surface area contributed by atoms with Crippen LogP contribution in [0.1, 0.15) is 11.1 Å². The second-order valence-electron chi connectivity index (χ2n) is 6.38. The van der Waals surface area contributed by atoms with Gasteiger partial charge < -0.3 is 10.2 Å². The minimum atomic E-state index is -1.01. The standard InChI is InChI=1S/C19H19F2N3O2/c1-12-7-13(2)9-14(8-12)22-18(25)11-23-5-6-24(19(23)26)15-3-4-16(20)17(21)10-15/h3-4,7-10H,5-6,11H2,1-2H3,(H,22,25). The molecule has 0 radical (unpaired) electrons. The SMILES string of the molecule is Cc1cc(C)cc(NC(=O)CN2CCN(c3ccc(F)c(F)c3)C2=O)c1. The lowest BCUT2D eigenvalue weighted by Crippen LogP contribution is -2.37. The molecule has 1 N–H and O–H groups in total. The zero-order valence-corrected chi connectivity index (χ0v) is 14.6. The highest BCUT2D eigenvalue weighted by Gasteiger charge is 2.31. The Kier molecular flexibility index (Phi) is 4.88. The molecule has 5 nitrogen and oxygen atoms in total. The van der Waals surface area contributed by atoms with Gasteiger partial charge in [0.05, 0.1) is 0 Å². The van der Waals surface area contributed by atoms with Crippen molar-refractivity contribution in [3.63, 3.8) is 0 Å². The second-order valence-corrected chi connectivity index (χ2v) is 6.38. The molecule has 136 valence electrons. The number of nitrogens with one attached hydrogen (secondary N) is 1. The number of carbonyl (C=O) groups is 2. The van der Waals surface area contributed by atoms with Crippen molar-refractivity contribution in [2.24, 2.45) is 0 Å². The molecular formula is C19H19F2N3O2. The third-order valence-electron chi connectivity index (χ3n) is 4.15. The first-order valence-electron chi connectivity index (χ1n) is 8.23. The summed E-state index contributed by atoms with van der Waals surface area (Å²) in [5.74, 6) is -2.29. The molecule has 1 fully saturated rings. The minimum absolute atomic E-state index is 0.105.